The van der Waals surface area contributed by atoms with Gasteiger partial charge in [0, 0.05) is 10.6 Å². The highest BCUT2D eigenvalue weighted by atomic mass is 35.5. The molecular weight excluding hydrogens is 216 g/mol. The first-order valence-corrected chi connectivity index (χ1v) is 5.55. The van der Waals surface area contributed by atoms with Gasteiger partial charge in [0.05, 0.1) is 0 Å². The Balaban J connectivity index is 2.44. The fourth-order valence-electron chi connectivity index (χ4n) is 1.64. The second-order valence-electron chi connectivity index (χ2n) is 3.58. The van der Waals surface area contributed by atoms with Gasteiger partial charge in [0.15, 0.2) is 0 Å². The van der Waals surface area contributed by atoms with Gasteiger partial charge in [0.25, 0.3) is 0 Å². The summed E-state index contributed by atoms with van der Waals surface area (Å²) in [6, 6.07) is 17.1. The Morgan fingerprint density at radius 3 is 2.81 bits per heavy atom. The van der Waals surface area contributed by atoms with Crippen molar-refractivity contribution in [2.75, 3.05) is 0 Å². The summed E-state index contributed by atoms with van der Waals surface area (Å²) < 4.78 is 0. The van der Waals surface area contributed by atoms with Crippen molar-refractivity contribution in [2.45, 2.75) is 6.42 Å². The summed E-state index contributed by atoms with van der Waals surface area (Å²) >= 11 is 6.15. The zero-order chi connectivity index (χ0) is 11.4. The lowest BCUT2D eigenvalue weighted by atomic mass is 10.0. The van der Waals surface area contributed by atoms with Crippen LogP contribution in [0.2, 0.25) is 5.02 Å². The van der Waals surface area contributed by atoms with E-state index in [0.717, 1.165) is 22.6 Å². The highest BCUT2D eigenvalue weighted by molar-refractivity contribution is 6.33. The number of halogens is 1. The first kappa shape index (κ1) is 11.0. The minimum Gasteiger partial charge on any atom is -0.103 e. The van der Waals surface area contributed by atoms with Gasteiger partial charge in [0.1, 0.15) is 0 Å². The first-order valence-electron chi connectivity index (χ1n) is 5.17. The zero-order valence-corrected chi connectivity index (χ0v) is 9.67. The summed E-state index contributed by atoms with van der Waals surface area (Å²) in [4.78, 5) is 0. The molecule has 2 aromatic rings. The van der Waals surface area contributed by atoms with Crippen LogP contribution in [0.5, 0.6) is 0 Å². The van der Waals surface area contributed by atoms with Crippen LogP contribution < -0.4 is 0 Å². The average molecular weight is 228 g/mol. The summed E-state index contributed by atoms with van der Waals surface area (Å²) in [6.07, 6.45) is 2.76. The lowest BCUT2D eigenvalue weighted by molar-refractivity contribution is 1.28. The minimum absolute atomic E-state index is 0.759. The zero-order valence-electron chi connectivity index (χ0n) is 8.91. The van der Waals surface area contributed by atoms with Gasteiger partial charge in [-0.05, 0) is 29.7 Å². The van der Waals surface area contributed by atoms with E-state index < -0.39 is 0 Å². The van der Waals surface area contributed by atoms with Crippen molar-refractivity contribution in [3.8, 4) is 11.1 Å². The molecule has 0 aliphatic heterocycles. The molecule has 0 fully saturated rings. The molecule has 0 aromatic heterocycles. The SMILES string of the molecule is C=CCc1cc[c]c(-c2ccccc2Cl)c1. The Bertz CT molecular complexity index is 500. The maximum absolute atomic E-state index is 6.15. The van der Waals surface area contributed by atoms with Crippen LogP contribution >= 0.6 is 11.6 Å². The summed E-state index contributed by atoms with van der Waals surface area (Å²) in [5, 5.41) is 0.759. The number of allylic oxidation sites excluding steroid dienone is 1. The topological polar surface area (TPSA) is 0 Å². The maximum Gasteiger partial charge on any atom is 0.0484 e. The number of rotatable bonds is 3. The Labute approximate surface area is 101 Å². The number of hydrogen-bond acceptors (Lipinski definition) is 0. The van der Waals surface area contributed by atoms with Crippen LogP contribution in [-0.4, -0.2) is 0 Å². The Hall–Kier alpha value is -1.53. The molecule has 1 radical (unpaired) electrons. The van der Waals surface area contributed by atoms with E-state index in [-0.39, 0.29) is 0 Å². The van der Waals surface area contributed by atoms with E-state index in [1.807, 2.05) is 42.5 Å². The maximum atomic E-state index is 6.15. The van der Waals surface area contributed by atoms with E-state index >= 15 is 0 Å². The van der Waals surface area contributed by atoms with Gasteiger partial charge in [0.2, 0.25) is 0 Å². The number of hydrogen-bond donors (Lipinski definition) is 0. The quantitative estimate of drug-likeness (QED) is 0.676. The summed E-state index contributed by atoms with van der Waals surface area (Å²) in [5.74, 6) is 0. The molecule has 0 saturated heterocycles. The Morgan fingerprint density at radius 1 is 1.25 bits per heavy atom. The molecule has 16 heavy (non-hydrogen) atoms. The molecule has 0 nitrogen and oxygen atoms in total. The van der Waals surface area contributed by atoms with Crippen molar-refractivity contribution in [3.05, 3.63) is 71.8 Å². The summed E-state index contributed by atoms with van der Waals surface area (Å²) in [5.41, 5.74) is 3.28. The second kappa shape index (κ2) is 5.00. The van der Waals surface area contributed by atoms with Crippen molar-refractivity contribution in [3.63, 3.8) is 0 Å². The van der Waals surface area contributed by atoms with Crippen LogP contribution in [0.25, 0.3) is 11.1 Å². The lowest BCUT2D eigenvalue weighted by Crippen LogP contribution is -1.84. The molecule has 0 amide bonds. The van der Waals surface area contributed by atoms with Crippen molar-refractivity contribution >= 4 is 11.6 Å². The van der Waals surface area contributed by atoms with Gasteiger partial charge in [-0.25, -0.2) is 0 Å². The van der Waals surface area contributed by atoms with E-state index in [1.165, 1.54) is 5.56 Å². The van der Waals surface area contributed by atoms with Gasteiger partial charge in [-0.3, -0.25) is 0 Å². The molecule has 2 rings (SSSR count). The van der Waals surface area contributed by atoms with Gasteiger partial charge >= 0.3 is 0 Å². The van der Waals surface area contributed by atoms with Crippen LogP contribution in [0.1, 0.15) is 5.56 Å². The van der Waals surface area contributed by atoms with E-state index in [1.54, 1.807) is 0 Å². The minimum atomic E-state index is 0.759. The standard InChI is InChI=1S/C15H12Cl/c1-2-6-12-7-5-8-13(11-12)14-9-3-4-10-15(14)16/h2-5,7,9-11H,1,6H2. The fraction of sp³-hybridized carbons (Fsp3) is 0.0667. The molecule has 0 N–H and O–H groups in total. The van der Waals surface area contributed by atoms with E-state index in [2.05, 4.69) is 18.7 Å². The smallest absolute Gasteiger partial charge is 0.0484 e. The van der Waals surface area contributed by atoms with Crippen LogP contribution in [-0.2, 0) is 6.42 Å². The molecule has 2 aromatic carbocycles. The average Bonchev–Trinajstić information content (AvgIpc) is 2.30. The highest BCUT2D eigenvalue weighted by Crippen LogP contribution is 2.27. The third-order valence-corrected chi connectivity index (χ3v) is 2.74. The molecule has 0 atom stereocenters. The Morgan fingerprint density at radius 2 is 2.06 bits per heavy atom. The van der Waals surface area contributed by atoms with Gasteiger partial charge in [-0.1, -0.05) is 54.1 Å². The lowest BCUT2D eigenvalue weighted by Gasteiger charge is -2.05. The van der Waals surface area contributed by atoms with Crippen molar-refractivity contribution in [2.24, 2.45) is 0 Å². The molecule has 0 spiro atoms. The predicted octanol–water partition coefficient (Wildman–Crippen LogP) is 4.54. The largest absolute Gasteiger partial charge is 0.103 e. The third kappa shape index (κ3) is 2.34. The fourth-order valence-corrected chi connectivity index (χ4v) is 1.88. The normalized spacial score (nSPS) is 10.1. The van der Waals surface area contributed by atoms with Crippen LogP contribution in [0.4, 0.5) is 0 Å². The van der Waals surface area contributed by atoms with Gasteiger partial charge < -0.3 is 0 Å². The number of benzene rings is 2. The summed E-state index contributed by atoms with van der Waals surface area (Å²) in [7, 11) is 0. The molecular formula is C15H12Cl. The molecule has 0 aliphatic carbocycles. The monoisotopic (exact) mass is 227 g/mol. The van der Waals surface area contributed by atoms with Gasteiger partial charge in [-0.15, -0.1) is 6.58 Å². The van der Waals surface area contributed by atoms with Crippen molar-refractivity contribution in [1.82, 2.24) is 0 Å². The highest BCUT2D eigenvalue weighted by Gasteiger charge is 2.02. The van der Waals surface area contributed by atoms with E-state index in [0.29, 0.717) is 0 Å². The molecule has 0 saturated carbocycles. The summed E-state index contributed by atoms with van der Waals surface area (Å²) in [6.45, 7) is 3.74. The van der Waals surface area contributed by atoms with E-state index in [9.17, 15) is 0 Å². The first-order chi connectivity index (χ1) is 7.81. The molecule has 0 aliphatic rings. The molecule has 0 bridgehead atoms. The predicted molar refractivity (Wildman–Crippen MR) is 69.6 cm³/mol. The molecule has 79 valence electrons. The third-order valence-electron chi connectivity index (χ3n) is 2.41. The van der Waals surface area contributed by atoms with Crippen molar-refractivity contribution in [1.29, 1.82) is 0 Å². The molecule has 0 heterocycles. The van der Waals surface area contributed by atoms with Crippen LogP contribution in [0.3, 0.4) is 0 Å². The van der Waals surface area contributed by atoms with Crippen LogP contribution in [0.15, 0.2) is 55.1 Å². The second-order valence-corrected chi connectivity index (χ2v) is 3.99. The molecule has 1 heteroatoms. The Kier molecular flexibility index (Phi) is 3.43. The van der Waals surface area contributed by atoms with Gasteiger partial charge in [-0.2, -0.15) is 0 Å². The molecule has 0 unspecified atom stereocenters. The van der Waals surface area contributed by atoms with Crippen molar-refractivity contribution < 1.29 is 0 Å². The van der Waals surface area contributed by atoms with E-state index in [4.69, 9.17) is 11.6 Å². The van der Waals surface area contributed by atoms with Crippen LogP contribution in [0, 0.1) is 6.07 Å².